The van der Waals surface area contributed by atoms with Crippen LogP contribution in [0.2, 0.25) is 0 Å². The largest absolute Gasteiger partial charge is 0.433 e. The highest BCUT2D eigenvalue weighted by molar-refractivity contribution is 5.37. The maximum atomic E-state index is 12.7. The van der Waals surface area contributed by atoms with Gasteiger partial charge >= 0.3 is 6.18 Å². The molecule has 1 aliphatic rings. The van der Waals surface area contributed by atoms with Crippen molar-refractivity contribution in [1.82, 2.24) is 19.9 Å². The molecule has 0 radical (unpaired) electrons. The van der Waals surface area contributed by atoms with Gasteiger partial charge in [-0.2, -0.15) is 13.2 Å². The summed E-state index contributed by atoms with van der Waals surface area (Å²) in [4.78, 5) is 15.8. The average Bonchev–Trinajstić information content (AvgIpc) is 3.29. The van der Waals surface area contributed by atoms with Gasteiger partial charge in [0.1, 0.15) is 23.7 Å². The van der Waals surface area contributed by atoms with Gasteiger partial charge in [-0.3, -0.25) is 0 Å². The smallest absolute Gasteiger partial charge is 0.363 e. The lowest BCUT2D eigenvalue weighted by Crippen LogP contribution is -2.14. The molecule has 1 N–H and O–H groups in total. The quantitative estimate of drug-likeness (QED) is 0.940. The van der Waals surface area contributed by atoms with Crippen molar-refractivity contribution in [3.8, 4) is 0 Å². The summed E-state index contributed by atoms with van der Waals surface area (Å²) in [5.74, 6) is 1.13. The van der Waals surface area contributed by atoms with Gasteiger partial charge in [0.25, 0.3) is 0 Å². The second kappa shape index (κ2) is 5.51. The number of aryl methyl sites for hydroxylation is 1. The molecular formula is C14H14F3N5. The summed E-state index contributed by atoms with van der Waals surface area (Å²) in [6.07, 6.45) is -0.788. The van der Waals surface area contributed by atoms with E-state index < -0.39 is 11.9 Å². The molecule has 0 atom stereocenters. The molecule has 5 nitrogen and oxygen atoms in total. The van der Waals surface area contributed by atoms with Gasteiger partial charge in [-0.15, -0.1) is 0 Å². The molecule has 0 saturated heterocycles. The number of rotatable bonds is 4. The molecule has 1 saturated carbocycles. The molecule has 0 aliphatic heterocycles. The molecule has 116 valence electrons. The predicted molar refractivity (Wildman–Crippen MR) is 73.1 cm³/mol. The third kappa shape index (κ3) is 3.49. The number of hydrogen-bond donors (Lipinski definition) is 1. The van der Waals surface area contributed by atoms with Crippen molar-refractivity contribution in [3.05, 3.63) is 41.4 Å². The zero-order valence-corrected chi connectivity index (χ0v) is 11.9. The minimum atomic E-state index is -4.48. The first-order chi connectivity index (χ1) is 10.4. The Labute approximate surface area is 125 Å². The van der Waals surface area contributed by atoms with Gasteiger partial charge in [0, 0.05) is 23.4 Å². The number of nitrogens with zero attached hydrogens (tertiary/aromatic N) is 4. The molecule has 2 heterocycles. The van der Waals surface area contributed by atoms with Crippen molar-refractivity contribution >= 4 is 5.82 Å². The second-order valence-corrected chi connectivity index (χ2v) is 5.26. The first-order valence-electron chi connectivity index (χ1n) is 6.89. The molecule has 0 aromatic carbocycles. The minimum Gasteiger partial charge on any atom is -0.363 e. The van der Waals surface area contributed by atoms with E-state index in [1.807, 2.05) is 6.07 Å². The lowest BCUT2D eigenvalue weighted by molar-refractivity contribution is -0.141. The normalized spacial score (nSPS) is 14.9. The minimum absolute atomic E-state index is 0.0753. The Balaban J connectivity index is 1.73. The number of halogens is 3. The third-order valence-electron chi connectivity index (χ3n) is 3.30. The second-order valence-electron chi connectivity index (χ2n) is 5.26. The zero-order valence-electron chi connectivity index (χ0n) is 11.9. The maximum Gasteiger partial charge on any atom is 0.433 e. The lowest BCUT2D eigenvalue weighted by atomic mass is 10.3. The Morgan fingerprint density at radius 3 is 2.64 bits per heavy atom. The number of hydrogen-bond acceptors (Lipinski definition) is 5. The van der Waals surface area contributed by atoms with E-state index in [-0.39, 0.29) is 18.1 Å². The van der Waals surface area contributed by atoms with Crippen LogP contribution in [0.3, 0.4) is 0 Å². The van der Waals surface area contributed by atoms with Crippen LogP contribution in [0.15, 0.2) is 18.5 Å². The highest BCUT2D eigenvalue weighted by atomic mass is 19.4. The van der Waals surface area contributed by atoms with E-state index in [1.165, 1.54) is 13.3 Å². The lowest BCUT2D eigenvalue weighted by Gasteiger charge is -2.10. The van der Waals surface area contributed by atoms with Crippen LogP contribution in [0.4, 0.5) is 19.0 Å². The summed E-state index contributed by atoms with van der Waals surface area (Å²) in [5.41, 5.74) is 0.303. The molecule has 0 unspecified atom stereocenters. The molecule has 0 spiro atoms. The van der Waals surface area contributed by atoms with E-state index in [4.69, 9.17) is 0 Å². The molecule has 22 heavy (non-hydrogen) atoms. The molecule has 8 heteroatoms. The van der Waals surface area contributed by atoms with Crippen molar-refractivity contribution in [2.45, 2.75) is 38.4 Å². The van der Waals surface area contributed by atoms with Gasteiger partial charge in [0.05, 0.1) is 6.54 Å². The summed E-state index contributed by atoms with van der Waals surface area (Å²) in [5, 5.41) is 2.95. The van der Waals surface area contributed by atoms with Crippen LogP contribution >= 0.6 is 0 Å². The van der Waals surface area contributed by atoms with Gasteiger partial charge in [-0.05, 0) is 25.8 Å². The Bertz CT molecular complexity index is 682. The highest BCUT2D eigenvalue weighted by Gasteiger charge is 2.33. The van der Waals surface area contributed by atoms with E-state index in [0.717, 1.165) is 24.6 Å². The zero-order chi connectivity index (χ0) is 15.7. The maximum absolute atomic E-state index is 12.7. The molecule has 3 rings (SSSR count). The number of alkyl halides is 3. The fourth-order valence-corrected chi connectivity index (χ4v) is 2.10. The molecule has 1 aliphatic carbocycles. The summed E-state index contributed by atoms with van der Waals surface area (Å²) in [6, 6.07) is 2.75. The van der Waals surface area contributed by atoms with Crippen molar-refractivity contribution in [2.24, 2.45) is 0 Å². The summed E-state index contributed by atoms with van der Waals surface area (Å²) >= 11 is 0. The van der Waals surface area contributed by atoms with Crippen LogP contribution in [0, 0.1) is 6.92 Å². The van der Waals surface area contributed by atoms with E-state index in [0.29, 0.717) is 11.7 Å². The molecule has 1 fully saturated rings. The number of aromatic nitrogens is 4. The van der Waals surface area contributed by atoms with Crippen molar-refractivity contribution < 1.29 is 13.2 Å². The fourth-order valence-electron chi connectivity index (χ4n) is 2.10. The topological polar surface area (TPSA) is 63.6 Å². The van der Waals surface area contributed by atoms with Gasteiger partial charge in [-0.25, -0.2) is 19.9 Å². The first-order valence-corrected chi connectivity index (χ1v) is 6.89. The summed E-state index contributed by atoms with van der Waals surface area (Å²) < 4.78 is 38.2. The van der Waals surface area contributed by atoms with Crippen molar-refractivity contribution in [1.29, 1.82) is 0 Å². The van der Waals surface area contributed by atoms with E-state index in [1.54, 1.807) is 0 Å². The highest BCUT2D eigenvalue weighted by Crippen LogP contribution is 2.39. The van der Waals surface area contributed by atoms with Crippen LogP contribution in [-0.2, 0) is 12.7 Å². The average molecular weight is 309 g/mol. The fraction of sp³-hybridized carbons (Fsp3) is 0.429. The van der Waals surface area contributed by atoms with Gasteiger partial charge in [0.2, 0.25) is 0 Å². The summed E-state index contributed by atoms with van der Waals surface area (Å²) in [7, 11) is 0. The van der Waals surface area contributed by atoms with Gasteiger partial charge in [-0.1, -0.05) is 0 Å². The van der Waals surface area contributed by atoms with Crippen LogP contribution < -0.4 is 5.32 Å². The third-order valence-corrected chi connectivity index (χ3v) is 3.30. The van der Waals surface area contributed by atoms with Crippen LogP contribution in [-0.4, -0.2) is 19.9 Å². The van der Waals surface area contributed by atoms with Gasteiger partial charge < -0.3 is 5.32 Å². The van der Waals surface area contributed by atoms with Crippen molar-refractivity contribution in [2.75, 3.05) is 5.32 Å². The number of nitrogens with one attached hydrogen (secondary N) is 1. The monoisotopic (exact) mass is 309 g/mol. The van der Waals surface area contributed by atoms with E-state index in [2.05, 4.69) is 25.3 Å². The standard InChI is InChI=1S/C14H14F3N5/c1-8-4-11(14(15,16)17)22-13(21-8)6-18-12-5-10(9-2-3-9)19-7-20-12/h4-5,7,9H,2-3,6H2,1H3,(H,18,19,20). The molecule has 2 aromatic rings. The van der Waals surface area contributed by atoms with Crippen LogP contribution in [0.1, 0.15) is 41.7 Å². The van der Waals surface area contributed by atoms with Crippen molar-refractivity contribution in [3.63, 3.8) is 0 Å². The van der Waals surface area contributed by atoms with Crippen LogP contribution in [0.5, 0.6) is 0 Å². The predicted octanol–water partition coefficient (Wildman–Crippen LogP) is 3.08. The number of anilines is 1. The Morgan fingerprint density at radius 2 is 1.95 bits per heavy atom. The molecule has 2 aromatic heterocycles. The Kier molecular flexibility index (Phi) is 3.67. The summed E-state index contributed by atoms with van der Waals surface area (Å²) in [6.45, 7) is 1.59. The SMILES string of the molecule is Cc1cc(C(F)(F)F)nc(CNc2cc(C3CC3)ncn2)n1. The van der Waals surface area contributed by atoms with Gasteiger partial charge in [0.15, 0.2) is 0 Å². The van der Waals surface area contributed by atoms with Crippen LogP contribution in [0.25, 0.3) is 0 Å². The molecular weight excluding hydrogens is 295 g/mol. The Morgan fingerprint density at radius 1 is 1.18 bits per heavy atom. The molecule has 0 amide bonds. The first kappa shape index (κ1) is 14.7. The molecule has 0 bridgehead atoms. The Hall–Kier alpha value is -2.25. The van der Waals surface area contributed by atoms with E-state index >= 15 is 0 Å². The van der Waals surface area contributed by atoms with E-state index in [9.17, 15) is 13.2 Å².